The van der Waals surface area contributed by atoms with Crippen molar-refractivity contribution in [2.75, 3.05) is 40.4 Å². The highest BCUT2D eigenvalue weighted by molar-refractivity contribution is 5.81. The van der Waals surface area contributed by atoms with Crippen LogP contribution in [0.3, 0.4) is 0 Å². The summed E-state index contributed by atoms with van der Waals surface area (Å²) in [6.45, 7) is 4.30. The van der Waals surface area contributed by atoms with Crippen molar-refractivity contribution in [1.29, 1.82) is 0 Å². The Morgan fingerprint density at radius 3 is 2.72 bits per heavy atom. The lowest BCUT2D eigenvalue weighted by atomic mass is 10.0. The molecule has 2 N–H and O–H groups in total. The van der Waals surface area contributed by atoms with E-state index in [4.69, 9.17) is 4.74 Å². The Kier molecular flexibility index (Phi) is 6.07. The summed E-state index contributed by atoms with van der Waals surface area (Å²) in [5, 5.41) is 5.80. The minimum Gasteiger partial charge on any atom is -0.379 e. The highest BCUT2D eigenvalue weighted by Gasteiger charge is 2.35. The molecule has 0 aromatic rings. The molecule has 0 bridgehead atoms. The molecule has 0 saturated carbocycles. The summed E-state index contributed by atoms with van der Waals surface area (Å²) in [6, 6.07) is 0.0879. The second kappa shape index (κ2) is 7.33. The Bertz CT molecular complexity index is 296. The maximum atomic E-state index is 12.2. The van der Waals surface area contributed by atoms with Gasteiger partial charge in [0.1, 0.15) is 0 Å². The summed E-state index contributed by atoms with van der Waals surface area (Å²) in [5.74, 6) is -0.150. The van der Waals surface area contributed by atoms with E-state index >= 15 is 0 Å². The van der Waals surface area contributed by atoms with Crippen molar-refractivity contribution in [1.82, 2.24) is 15.5 Å². The first-order chi connectivity index (χ1) is 8.60. The third kappa shape index (κ3) is 3.96. The number of hydrogen-bond acceptors (Lipinski definition) is 4. The standard InChI is InChI=1S/C12H23N3O3/c1-4-14-10-8-18-7-9(10)12(17)15(3)6-5-11(16)13-2/h9-10,14H,4-8H2,1-3H3,(H,13,16). The lowest BCUT2D eigenvalue weighted by molar-refractivity contribution is -0.135. The molecule has 2 amide bonds. The number of carbonyl (C=O) groups excluding carboxylic acids is 2. The fourth-order valence-corrected chi connectivity index (χ4v) is 2.05. The molecule has 6 heteroatoms. The summed E-state index contributed by atoms with van der Waals surface area (Å²) in [6.07, 6.45) is 0.332. The molecule has 1 saturated heterocycles. The first kappa shape index (κ1) is 14.9. The van der Waals surface area contributed by atoms with Crippen molar-refractivity contribution < 1.29 is 14.3 Å². The predicted octanol–water partition coefficient (Wildman–Crippen LogP) is -0.795. The van der Waals surface area contributed by atoms with E-state index in [1.54, 1.807) is 19.0 Å². The van der Waals surface area contributed by atoms with Gasteiger partial charge in [-0.2, -0.15) is 0 Å². The molecule has 0 aliphatic carbocycles. The molecule has 0 radical (unpaired) electrons. The van der Waals surface area contributed by atoms with Crippen LogP contribution in [-0.2, 0) is 14.3 Å². The molecular formula is C12H23N3O3. The first-order valence-corrected chi connectivity index (χ1v) is 6.36. The van der Waals surface area contributed by atoms with Crippen molar-refractivity contribution in [3.63, 3.8) is 0 Å². The smallest absolute Gasteiger partial charge is 0.229 e. The fraction of sp³-hybridized carbons (Fsp3) is 0.833. The normalized spacial score (nSPS) is 22.8. The topological polar surface area (TPSA) is 70.7 Å². The van der Waals surface area contributed by atoms with E-state index in [2.05, 4.69) is 10.6 Å². The lowest BCUT2D eigenvalue weighted by Crippen LogP contribution is -2.45. The molecule has 1 rings (SSSR count). The van der Waals surface area contributed by atoms with Crippen LogP contribution in [-0.4, -0.2) is 63.2 Å². The second-order valence-corrected chi connectivity index (χ2v) is 4.49. The van der Waals surface area contributed by atoms with E-state index in [1.165, 1.54) is 0 Å². The highest BCUT2D eigenvalue weighted by Crippen LogP contribution is 2.16. The zero-order chi connectivity index (χ0) is 13.5. The van der Waals surface area contributed by atoms with Gasteiger partial charge < -0.3 is 20.3 Å². The Morgan fingerprint density at radius 1 is 1.39 bits per heavy atom. The summed E-state index contributed by atoms with van der Waals surface area (Å²) in [4.78, 5) is 25.0. The molecule has 104 valence electrons. The maximum Gasteiger partial charge on any atom is 0.229 e. The van der Waals surface area contributed by atoms with Gasteiger partial charge in [-0.05, 0) is 6.54 Å². The van der Waals surface area contributed by atoms with Gasteiger partial charge in [0.05, 0.1) is 19.1 Å². The Labute approximate surface area is 108 Å². The number of carbonyl (C=O) groups is 2. The van der Waals surface area contributed by atoms with Crippen molar-refractivity contribution in [3.05, 3.63) is 0 Å². The number of nitrogens with zero attached hydrogens (tertiary/aromatic N) is 1. The van der Waals surface area contributed by atoms with Gasteiger partial charge in [0.2, 0.25) is 11.8 Å². The maximum absolute atomic E-state index is 12.2. The number of hydrogen-bond donors (Lipinski definition) is 2. The van der Waals surface area contributed by atoms with Crippen molar-refractivity contribution in [2.24, 2.45) is 5.92 Å². The molecule has 1 aliphatic heterocycles. The van der Waals surface area contributed by atoms with Gasteiger partial charge in [0.25, 0.3) is 0 Å². The zero-order valence-corrected chi connectivity index (χ0v) is 11.4. The monoisotopic (exact) mass is 257 g/mol. The van der Waals surface area contributed by atoms with Crippen LogP contribution in [0.1, 0.15) is 13.3 Å². The fourth-order valence-electron chi connectivity index (χ4n) is 2.05. The van der Waals surface area contributed by atoms with Gasteiger partial charge in [-0.15, -0.1) is 0 Å². The van der Waals surface area contributed by atoms with E-state index in [1.807, 2.05) is 6.92 Å². The molecule has 0 aromatic carbocycles. The molecule has 1 heterocycles. The number of likely N-dealkylation sites (N-methyl/N-ethyl adjacent to an activating group) is 1. The van der Waals surface area contributed by atoms with Crippen molar-refractivity contribution in [2.45, 2.75) is 19.4 Å². The molecule has 1 fully saturated rings. The predicted molar refractivity (Wildman–Crippen MR) is 68.1 cm³/mol. The number of amides is 2. The van der Waals surface area contributed by atoms with Gasteiger partial charge in [-0.1, -0.05) is 6.92 Å². The molecule has 2 atom stereocenters. The van der Waals surface area contributed by atoms with E-state index < -0.39 is 0 Å². The van der Waals surface area contributed by atoms with Crippen LogP contribution in [0.2, 0.25) is 0 Å². The van der Waals surface area contributed by atoms with Crippen molar-refractivity contribution in [3.8, 4) is 0 Å². The summed E-state index contributed by atoms with van der Waals surface area (Å²) < 4.78 is 5.35. The molecule has 2 unspecified atom stereocenters. The highest BCUT2D eigenvalue weighted by atomic mass is 16.5. The number of ether oxygens (including phenoxy) is 1. The minimum atomic E-state index is -0.139. The molecule has 18 heavy (non-hydrogen) atoms. The average molecular weight is 257 g/mol. The molecule has 6 nitrogen and oxygen atoms in total. The Hall–Kier alpha value is -1.14. The Balaban J connectivity index is 2.44. The van der Waals surface area contributed by atoms with Crippen LogP contribution in [0.15, 0.2) is 0 Å². The van der Waals surface area contributed by atoms with Gasteiger partial charge in [-0.25, -0.2) is 0 Å². The van der Waals surface area contributed by atoms with Crippen LogP contribution in [0.5, 0.6) is 0 Å². The van der Waals surface area contributed by atoms with Gasteiger partial charge >= 0.3 is 0 Å². The van der Waals surface area contributed by atoms with Crippen molar-refractivity contribution >= 4 is 11.8 Å². The van der Waals surface area contributed by atoms with Crippen LogP contribution < -0.4 is 10.6 Å². The average Bonchev–Trinajstić information content (AvgIpc) is 2.83. The van der Waals surface area contributed by atoms with Crippen LogP contribution in [0.4, 0.5) is 0 Å². The second-order valence-electron chi connectivity index (χ2n) is 4.49. The zero-order valence-electron chi connectivity index (χ0n) is 11.4. The van der Waals surface area contributed by atoms with Crippen LogP contribution >= 0.6 is 0 Å². The first-order valence-electron chi connectivity index (χ1n) is 6.36. The third-order valence-corrected chi connectivity index (χ3v) is 3.19. The Morgan fingerprint density at radius 2 is 2.11 bits per heavy atom. The van der Waals surface area contributed by atoms with E-state index in [9.17, 15) is 9.59 Å². The van der Waals surface area contributed by atoms with Gasteiger partial charge in [0.15, 0.2) is 0 Å². The molecule has 0 spiro atoms. The molecular weight excluding hydrogens is 234 g/mol. The van der Waals surface area contributed by atoms with Crippen LogP contribution in [0, 0.1) is 5.92 Å². The van der Waals surface area contributed by atoms with Gasteiger partial charge in [0, 0.05) is 33.1 Å². The SMILES string of the molecule is CCNC1COCC1C(=O)N(C)CCC(=O)NC. The third-order valence-electron chi connectivity index (χ3n) is 3.19. The van der Waals surface area contributed by atoms with Crippen LogP contribution in [0.25, 0.3) is 0 Å². The summed E-state index contributed by atoms with van der Waals surface area (Å²) in [7, 11) is 3.32. The molecule has 0 aromatic heterocycles. The summed E-state index contributed by atoms with van der Waals surface area (Å²) >= 11 is 0. The van der Waals surface area contributed by atoms with E-state index in [0.717, 1.165) is 6.54 Å². The van der Waals surface area contributed by atoms with E-state index in [-0.39, 0.29) is 23.8 Å². The van der Waals surface area contributed by atoms with Gasteiger partial charge in [-0.3, -0.25) is 9.59 Å². The lowest BCUT2D eigenvalue weighted by Gasteiger charge is -2.24. The minimum absolute atomic E-state index is 0.0438. The molecule has 1 aliphatic rings. The largest absolute Gasteiger partial charge is 0.379 e. The summed E-state index contributed by atoms with van der Waals surface area (Å²) in [5.41, 5.74) is 0. The van der Waals surface area contributed by atoms with E-state index in [0.29, 0.717) is 26.2 Å². The number of nitrogens with one attached hydrogen (secondary N) is 2. The number of rotatable bonds is 6. The quantitative estimate of drug-likeness (QED) is 0.654.